The second kappa shape index (κ2) is 5.53. The zero-order valence-electron chi connectivity index (χ0n) is 10.9. The van der Waals surface area contributed by atoms with Gasteiger partial charge in [-0.1, -0.05) is 23.2 Å². The van der Waals surface area contributed by atoms with Gasteiger partial charge >= 0.3 is 0 Å². The van der Waals surface area contributed by atoms with E-state index in [1.165, 1.54) is 22.5 Å². The Morgan fingerprint density at radius 2 is 1.85 bits per heavy atom. The zero-order valence-corrected chi connectivity index (χ0v) is 13.3. The highest BCUT2D eigenvalue weighted by molar-refractivity contribution is 7.89. The van der Waals surface area contributed by atoms with Crippen LogP contribution in [0.1, 0.15) is 19.8 Å². The molecule has 20 heavy (non-hydrogen) atoms. The molecule has 1 aromatic carbocycles. The quantitative estimate of drug-likeness (QED) is 0.834. The predicted molar refractivity (Wildman–Crippen MR) is 78.2 cm³/mol. The molecular weight excluding hydrogens is 319 g/mol. The van der Waals surface area contributed by atoms with Gasteiger partial charge in [-0.3, -0.25) is 0 Å². The number of sulfonamides is 1. The third-order valence-corrected chi connectivity index (χ3v) is 6.26. The molecule has 1 fully saturated rings. The summed E-state index contributed by atoms with van der Waals surface area (Å²) in [6.45, 7) is 2.54. The standard InChI is InChI=1S/C13H14Cl2N2O2S/c1-13(9-16)4-6-17(7-5-13)20(18,19)10-2-3-11(14)12(15)8-10/h2-3,8H,4-7H2,1H3. The number of benzene rings is 1. The van der Waals surface area contributed by atoms with Gasteiger partial charge in [0.25, 0.3) is 0 Å². The van der Waals surface area contributed by atoms with E-state index in [-0.39, 0.29) is 9.92 Å². The number of hydrogen-bond acceptors (Lipinski definition) is 3. The molecule has 1 aliphatic rings. The van der Waals surface area contributed by atoms with Crippen LogP contribution in [0, 0.1) is 16.7 Å². The maximum absolute atomic E-state index is 12.5. The van der Waals surface area contributed by atoms with Gasteiger partial charge in [0, 0.05) is 13.1 Å². The number of nitriles is 1. The molecule has 0 saturated carbocycles. The minimum Gasteiger partial charge on any atom is -0.207 e. The molecule has 0 spiro atoms. The molecule has 1 heterocycles. The lowest BCUT2D eigenvalue weighted by Crippen LogP contribution is -2.41. The number of rotatable bonds is 2. The first kappa shape index (κ1) is 15.6. The lowest BCUT2D eigenvalue weighted by Gasteiger charge is -2.34. The summed E-state index contributed by atoms with van der Waals surface area (Å²) in [4.78, 5) is 0.132. The van der Waals surface area contributed by atoms with E-state index in [9.17, 15) is 8.42 Å². The van der Waals surface area contributed by atoms with Crippen LogP contribution in [0.25, 0.3) is 0 Å². The fraction of sp³-hybridized carbons (Fsp3) is 0.462. The van der Waals surface area contributed by atoms with E-state index in [4.69, 9.17) is 28.5 Å². The van der Waals surface area contributed by atoms with Gasteiger partial charge in [-0.25, -0.2) is 8.42 Å². The monoisotopic (exact) mass is 332 g/mol. The largest absolute Gasteiger partial charge is 0.243 e. The first-order chi connectivity index (χ1) is 9.28. The molecule has 4 nitrogen and oxygen atoms in total. The molecule has 1 saturated heterocycles. The second-order valence-corrected chi connectivity index (χ2v) is 7.90. The maximum Gasteiger partial charge on any atom is 0.243 e. The molecule has 0 N–H and O–H groups in total. The van der Waals surface area contributed by atoms with E-state index in [0.29, 0.717) is 31.0 Å². The third kappa shape index (κ3) is 2.94. The summed E-state index contributed by atoms with van der Waals surface area (Å²) in [6, 6.07) is 6.53. The highest BCUT2D eigenvalue weighted by Gasteiger charge is 2.35. The molecule has 0 atom stereocenters. The van der Waals surface area contributed by atoms with Gasteiger partial charge in [0.15, 0.2) is 0 Å². The Balaban J connectivity index is 2.24. The first-order valence-corrected chi connectivity index (χ1v) is 8.35. The summed E-state index contributed by atoms with van der Waals surface area (Å²) >= 11 is 11.7. The molecule has 0 amide bonds. The highest BCUT2D eigenvalue weighted by Crippen LogP contribution is 2.33. The lowest BCUT2D eigenvalue weighted by atomic mass is 9.83. The van der Waals surface area contributed by atoms with E-state index < -0.39 is 15.4 Å². The average molecular weight is 333 g/mol. The summed E-state index contributed by atoms with van der Waals surface area (Å²) in [5.74, 6) is 0. The summed E-state index contributed by atoms with van der Waals surface area (Å²) < 4.78 is 26.4. The van der Waals surface area contributed by atoms with Gasteiger partial charge in [0.2, 0.25) is 10.0 Å². The average Bonchev–Trinajstić information content (AvgIpc) is 2.42. The molecule has 108 valence electrons. The van der Waals surface area contributed by atoms with Gasteiger partial charge in [0.1, 0.15) is 0 Å². The van der Waals surface area contributed by atoms with Crippen molar-refractivity contribution >= 4 is 33.2 Å². The Morgan fingerprint density at radius 1 is 1.25 bits per heavy atom. The molecule has 1 aromatic rings. The van der Waals surface area contributed by atoms with Crippen molar-refractivity contribution < 1.29 is 8.42 Å². The van der Waals surface area contributed by atoms with E-state index in [2.05, 4.69) is 6.07 Å². The fourth-order valence-electron chi connectivity index (χ4n) is 2.12. The van der Waals surface area contributed by atoms with Crippen LogP contribution in [0.3, 0.4) is 0 Å². The zero-order chi connectivity index (χ0) is 15.0. The Kier molecular flexibility index (Phi) is 4.31. The molecule has 0 bridgehead atoms. The van der Waals surface area contributed by atoms with Crippen LogP contribution in [0.15, 0.2) is 23.1 Å². The van der Waals surface area contributed by atoms with Crippen LogP contribution in [0.4, 0.5) is 0 Å². The molecule has 0 unspecified atom stereocenters. The Morgan fingerprint density at radius 3 is 2.35 bits per heavy atom. The Bertz CT molecular complexity index is 659. The van der Waals surface area contributed by atoms with Gasteiger partial charge < -0.3 is 0 Å². The molecule has 1 aliphatic heterocycles. The van der Waals surface area contributed by atoms with Crippen molar-refractivity contribution in [2.45, 2.75) is 24.7 Å². The van der Waals surface area contributed by atoms with Gasteiger partial charge in [-0.2, -0.15) is 9.57 Å². The SMILES string of the molecule is CC1(C#N)CCN(S(=O)(=O)c2ccc(Cl)c(Cl)c2)CC1. The van der Waals surface area contributed by atoms with Crippen LogP contribution in [0.5, 0.6) is 0 Å². The topological polar surface area (TPSA) is 61.2 Å². The fourth-order valence-corrected chi connectivity index (χ4v) is 3.95. The first-order valence-electron chi connectivity index (χ1n) is 6.15. The van der Waals surface area contributed by atoms with Crippen molar-refractivity contribution in [3.05, 3.63) is 28.2 Å². The van der Waals surface area contributed by atoms with E-state index in [1.807, 2.05) is 6.92 Å². The molecule has 0 aliphatic carbocycles. The van der Waals surface area contributed by atoms with E-state index >= 15 is 0 Å². The molecular formula is C13H14Cl2N2O2S. The number of nitrogens with zero attached hydrogens (tertiary/aromatic N) is 2. The molecule has 0 aromatic heterocycles. The van der Waals surface area contributed by atoms with E-state index in [1.54, 1.807) is 0 Å². The molecule has 7 heteroatoms. The van der Waals surface area contributed by atoms with Crippen LogP contribution in [-0.4, -0.2) is 25.8 Å². The van der Waals surface area contributed by atoms with Crippen molar-refractivity contribution in [3.63, 3.8) is 0 Å². The van der Waals surface area contributed by atoms with Crippen LogP contribution in [0.2, 0.25) is 10.0 Å². The van der Waals surface area contributed by atoms with Gasteiger partial charge in [-0.05, 0) is 38.0 Å². The van der Waals surface area contributed by atoms with Crippen molar-refractivity contribution in [2.24, 2.45) is 5.41 Å². The van der Waals surface area contributed by atoms with Crippen LogP contribution in [-0.2, 0) is 10.0 Å². The summed E-state index contributed by atoms with van der Waals surface area (Å²) in [5.41, 5.74) is -0.441. The highest BCUT2D eigenvalue weighted by atomic mass is 35.5. The maximum atomic E-state index is 12.5. The van der Waals surface area contributed by atoms with Gasteiger partial charge in [0.05, 0.1) is 26.4 Å². The van der Waals surface area contributed by atoms with Crippen LogP contribution < -0.4 is 0 Å². The summed E-state index contributed by atoms with van der Waals surface area (Å²) in [6.07, 6.45) is 1.06. The normalized spacial score (nSPS) is 19.5. The molecule has 2 rings (SSSR count). The third-order valence-electron chi connectivity index (χ3n) is 3.62. The number of piperidine rings is 1. The predicted octanol–water partition coefficient (Wildman–Crippen LogP) is 3.31. The van der Waals surface area contributed by atoms with Crippen molar-refractivity contribution in [2.75, 3.05) is 13.1 Å². The smallest absolute Gasteiger partial charge is 0.207 e. The summed E-state index contributed by atoms with van der Waals surface area (Å²) in [7, 11) is -3.58. The lowest BCUT2D eigenvalue weighted by molar-refractivity contribution is 0.232. The minimum atomic E-state index is -3.58. The van der Waals surface area contributed by atoms with Crippen LogP contribution >= 0.6 is 23.2 Å². The van der Waals surface area contributed by atoms with Crippen molar-refractivity contribution in [1.82, 2.24) is 4.31 Å². The minimum absolute atomic E-state index is 0.132. The number of halogens is 2. The Hall–Kier alpha value is -0.800. The van der Waals surface area contributed by atoms with E-state index in [0.717, 1.165) is 0 Å². The van der Waals surface area contributed by atoms with Crippen molar-refractivity contribution in [3.8, 4) is 6.07 Å². The second-order valence-electron chi connectivity index (χ2n) is 5.15. The Labute approximate surface area is 128 Å². The number of hydrogen-bond donors (Lipinski definition) is 0. The molecule has 0 radical (unpaired) electrons. The summed E-state index contributed by atoms with van der Waals surface area (Å²) in [5, 5.41) is 9.61. The van der Waals surface area contributed by atoms with Crippen molar-refractivity contribution in [1.29, 1.82) is 5.26 Å². The van der Waals surface area contributed by atoms with Gasteiger partial charge in [-0.15, -0.1) is 0 Å².